The van der Waals surface area contributed by atoms with E-state index in [-0.39, 0.29) is 18.1 Å². The molecule has 3 fully saturated rings. The minimum atomic E-state index is -0.305. The Kier molecular flexibility index (Phi) is 5.11. The first kappa shape index (κ1) is 15.2. The Labute approximate surface area is 126 Å². The van der Waals surface area contributed by atoms with E-state index in [1.54, 1.807) is 7.11 Å². The fourth-order valence-electron chi connectivity index (χ4n) is 3.51. The molecule has 3 aliphatic heterocycles. The third kappa shape index (κ3) is 3.56. The van der Waals surface area contributed by atoms with Gasteiger partial charge in [-0.2, -0.15) is 0 Å². The highest BCUT2D eigenvalue weighted by atomic mass is 16.7. The van der Waals surface area contributed by atoms with E-state index < -0.39 is 0 Å². The summed E-state index contributed by atoms with van der Waals surface area (Å²) in [4.78, 5) is 20.3. The van der Waals surface area contributed by atoms with E-state index in [0.29, 0.717) is 19.1 Å². The number of hydrogen-bond acceptors (Lipinski definition) is 5. The molecular formula is C15H26N2O4. The van der Waals surface area contributed by atoms with Crippen LogP contribution in [-0.2, 0) is 19.1 Å². The Morgan fingerprint density at radius 2 is 2.24 bits per heavy atom. The van der Waals surface area contributed by atoms with Gasteiger partial charge in [-0.1, -0.05) is 0 Å². The molecule has 0 radical (unpaired) electrons. The summed E-state index contributed by atoms with van der Waals surface area (Å²) in [6, 6.07) is 0. The number of fused-ring (bicyclic) bond motifs is 1. The van der Waals surface area contributed by atoms with Crippen molar-refractivity contribution in [1.29, 1.82) is 0 Å². The van der Waals surface area contributed by atoms with Gasteiger partial charge in [0.2, 0.25) is 0 Å². The van der Waals surface area contributed by atoms with Gasteiger partial charge in [-0.25, -0.2) is 5.06 Å². The van der Waals surface area contributed by atoms with Gasteiger partial charge < -0.3 is 9.47 Å². The summed E-state index contributed by atoms with van der Waals surface area (Å²) in [5.41, 5.74) is 0. The van der Waals surface area contributed by atoms with Crippen molar-refractivity contribution < 1.29 is 19.1 Å². The van der Waals surface area contributed by atoms with Crippen molar-refractivity contribution in [2.45, 2.75) is 37.9 Å². The number of ether oxygens (including phenoxy) is 2. The van der Waals surface area contributed by atoms with E-state index in [2.05, 4.69) is 4.90 Å². The fourth-order valence-corrected chi connectivity index (χ4v) is 3.51. The second kappa shape index (κ2) is 7.05. The first-order valence-electron chi connectivity index (χ1n) is 8.09. The molecule has 21 heavy (non-hydrogen) atoms. The minimum Gasteiger partial charge on any atom is -0.383 e. The summed E-state index contributed by atoms with van der Waals surface area (Å²) < 4.78 is 11.2. The van der Waals surface area contributed by atoms with E-state index in [1.807, 2.05) is 0 Å². The summed E-state index contributed by atoms with van der Waals surface area (Å²) in [6.45, 7) is 5.04. The van der Waals surface area contributed by atoms with Crippen LogP contribution in [0.3, 0.4) is 0 Å². The van der Waals surface area contributed by atoms with Crippen LogP contribution in [-0.4, -0.2) is 74.6 Å². The van der Waals surface area contributed by atoms with Crippen LogP contribution in [0.4, 0.5) is 0 Å². The predicted molar refractivity (Wildman–Crippen MR) is 76.6 cm³/mol. The van der Waals surface area contributed by atoms with Gasteiger partial charge in [-0.15, -0.1) is 0 Å². The molecule has 0 saturated carbocycles. The van der Waals surface area contributed by atoms with Crippen LogP contribution in [0, 0.1) is 5.92 Å². The standard InChI is InChI=1S/C15H26N2O4/c1-19-9-7-16-6-4-12-10-13(21-14(12)11-16)15(18)17-5-2-3-8-20-17/h12-14H,2-11H2,1H3/t12-,13-,14+/m1/s1. The molecular weight excluding hydrogens is 272 g/mol. The van der Waals surface area contributed by atoms with Crippen LogP contribution in [0.15, 0.2) is 0 Å². The quantitative estimate of drug-likeness (QED) is 0.763. The zero-order valence-corrected chi connectivity index (χ0v) is 12.8. The molecule has 6 heteroatoms. The van der Waals surface area contributed by atoms with E-state index in [1.165, 1.54) is 5.06 Å². The van der Waals surface area contributed by atoms with E-state index >= 15 is 0 Å². The number of carbonyl (C=O) groups excluding carboxylic acids is 1. The molecule has 0 spiro atoms. The van der Waals surface area contributed by atoms with Gasteiger partial charge in [-0.3, -0.25) is 14.5 Å². The number of likely N-dealkylation sites (tertiary alicyclic amines) is 1. The maximum Gasteiger partial charge on any atom is 0.275 e. The third-order valence-electron chi connectivity index (χ3n) is 4.77. The van der Waals surface area contributed by atoms with E-state index in [4.69, 9.17) is 14.3 Å². The number of carbonyl (C=O) groups is 1. The van der Waals surface area contributed by atoms with Crippen LogP contribution < -0.4 is 0 Å². The van der Waals surface area contributed by atoms with Crippen molar-refractivity contribution in [3.05, 3.63) is 0 Å². The first-order valence-corrected chi connectivity index (χ1v) is 8.09. The average molecular weight is 298 g/mol. The molecule has 0 aliphatic carbocycles. The van der Waals surface area contributed by atoms with Gasteiger partial charge in [0.15, 0.2) is 0 Å². The van der Waals surface area contributed by atoms with Crippen LogP contribution in [0.1, 0.15) is 25.7 Å². The highest BCUT2D eigenvalue weighted by Gasteiger charge is 2.43. The van der Waals surface area contributed by atoms with Crippen molar-refractivity contribution in [3.63, 3.8) is 0 Å². The number of nitrogens with zero attached hydrogens (tertiary/aromatic N) is 2. The van der Waals surface area contributed by atoms with Gasteiger partial charge in [0.25, 0.3) is 5.91 Å². The molecule has 120 valence electrons. The second-order valence-corrected chi connectivity index (χ2v) is 6.22. The second-order valence-electron chi connectivity index (χ2n) is 6.22. The Bertz CT molecular complexity index is 360. The molecule has 0 unspecified atom stereocenters. The number of amides is 1. The first-order chi connectivity index (χ1) is 10.3. The van der Waals surface area contributed by atoms with Crippen molar-refractivity contribution in [2.24, 2.45) is 5.92 Å². The lowest BCUT2D eigenvalue weighted by Crippen LogP contribution is -2.44. The maximum absolute atomic E-state index is 12.4. The van der Waals surface area contributed by atoms with Crippen LogP contribution in [0.2, 0.25) is 0 Å². The molecule has 3 rings (SSSR count). The lowest BCUT2D eigenvalue weighted by Gasteiger charge is -2.33. The molecule has 0 aromatic heterocycles. The highest BCUT2D eigenvalue weighted by Crippen LogP contribution is 2.34. The molecule has 0 N–H and O–H groups in total. The molecule has 3 heterocycles. The monoisotopic (exact) mass is 298 g/mol. The largest absolute Gasteiger partial charge is 0.383 e. The zero-order chi connectivity index (χ0) is 14.7. The summed E-state index contributed by atoms with van der Waals surface area (Å²) in [7, 11) is 1.73. The molecule has 0 bridgehead atoms. The Morgan fingerprint density at radius 1 is 1.33 bits per heavy atom. The Balaban J connectivity index is 1.51. The number of hydroxylamine groups is 2. The van der Waals surface area contributed by atoms with Gasteiger partial charge in [-0.05, 0) is 38.1 Å². The van der Waals surface area contributed by atoms with E-state index in [0.717, 1.165) is 51.9 Å². The summed E-state index contributed by atoms with van der Waals surface area (Å²) in [5, 5.41) is 1.52. The van der Waals surface area contributed by atoms with Crippen LogP contribution >= 0.6 is 0 Å². The SMILES string of the molecule is COCCN1CC[C@@H]2C[C@H](C(=O)N3CCCCO3)O[C@H]2C1. The maximum atomic E-state index is 12.4. The average Bonchev–Trinajstić information content (AvgIpc) is 2.96. The van der Waals surface area contributed by atoms with E-state index in [9.17, 15) is 4.79 Å². The van der Waals surface area contributed by atoms with Crippen LogP contribution in [0.5, 0.6) is 0 Å². The highest BCUT2D eigenvalue weighted by molar-refractivity contribution is 5.80. The van der Waals surface area contributed by atoms with Crippen molar-refractivity contribution in [2.75, 3.05) is 46.5 Å². The van der Waals surface area contributed by atoms with Gasteiger partial charge in [0.1, 0.15) is 6.10 Å². The number of hydrogen-bond donors (Lipinski definition) is 0. The Hall–Kier alpha value is -0.690. The molecule has 0 aromatic rings. The molecule has 0 aromatic carbocycles. The zero-order valence-electron chi connectivity index (χ0n) is 12.8. The van der Waals surface area contributed by atoms with Crippen molar-refractivity contribution >= 4 is 5.91 Å². The lowest BCUT2D eigenvalue weighted by molar-refractivity contribution is -0.206. The van der Waals surface area contributed by atoms with Gasteiger partial charge in [0.05, 0.1) is 19.3 Å². The van der Waals surface area contributed by atoms with Gasteiger partial charge in [0, 0.05) is 26.7 Å². The summed E-state index contributed by atoms with van der Waals surface area (Å²) in [6.07, 6.45) is 3.90. The molecule has 6 nitrogen and oxygen atoms in total. The molecule has 3 saturated heterocycles. The van der Waals surface area contributed by atoms with Crippen LogP contribution in [0.25, 0.3) is 0 Å². The Morgan fingerprint density at radius 3 is 3.00 bits per heavy atom. The predicted octanol–water partition coefficient (Wildman–Crippen LogP) is 0.666. The van der Waals surface area contributed by atoms with Crippen molar-refractivity contribution in [3.8, 4) is 0 Å². The van der Waals surface area contributed by atoms with Gasteiger partial charge >= 0.3 is 0 Å². The summed E-state index contributed by atoms with van der Waals surface area (Å²) >= 11 is 0. The third-order valence-corrected chi connectivity index (χ3v) is 4.77. The molecule has 3 atom stereocenters. The van der Waals surface area contributed by atoms with Crippen molar-refractivity contribution in [1.82, 2.24) is 9.96 Å². The molecule has 3 aliphatic rings. The number of piperidine rings is 1. The number of rotatable bonds is 4. The summed E-state index contributed by atoms with van der Waals surface area (Å²) in [5.74, 6) is 0.537. The molecule has 1 amide bonds. The minimum absolute atomic E-state index is 0.0209. The fraction of sp³-hybridized carbons (Fsp3) is 0.933. The number of methoxy groups -OCH3 is 1. The normalized spacial score (nSPS) is 34.0. The smallest absolute Gasteiger partial charge is 0.275 e. The lowest BCUT2D eigenvalue weighted by atomic mass is 9.91. The topological polar surface area (TPSA) is 51.2 Å².